The van der Waals surface area contributed by atoms with E-state index in [9.17, 15) is 19.8 Å². The summed E-state index contributed by atoms with van der Waals surface area (Å²) < 4.78 is 1.52. The Kier molecular flexibility index (Phi) is 6.19. The SMILES string of the molecule is O=C(O)c1c(CN2CCC(O)(c3ccc(Cl)cc3)CC2)n(-c2ccccc2)c(=O)c2ccccc12. The number of carboxylic acids is 1. The maximum absolute atomic E-state index is 13.6. The molecule has 1 saturated heterocycles. The number of aliphatic hydroxyl groups is 1. The second-order valence-corrected chi connectivity index (χ2v) is 9.40. The van der Waals surface area contributed by atoms with E-state index in [0.29, 0.717) is 53.1 Å². The zero-order valence-electron chi connectivity index (χ0n) is 19.0. The number of hydrogen-bond acceptors (Lipinski definition) is 4. The van der Waals surface area contributed by atoms with E-state index >= 15 is 0 Å². The zero-order chi connectivity index (χ0) is 24.6. The molecule has 1 aromatic heterocycles. The van der Waals surface area contributed by atoms with Crippen LogP contribution in [0.3, 0.4) is 0 Å². The maximum Gasteiger partial charge on any atom is 0.338 e. The van der Waals surface area contributed by atoms with E-state index in [1.807, 2.05) is 30.3 Å². The van der Waals surface area contributed by atoms with Crippen LogP contribution in [0.5, 0.6) is 0 Å². The van der Waals surface area contributed by atoms with Gasteiger partial charge in [0.05, 0.1) is 16.9 Å². The largest absolute Gasteiger partial charge is 0.478 e. The van der Waals surface area contributed by atoms with Gasteiger partial charge < -0.3 is 10.2 Å². The number of carbonyl (C=O) groups is 1. The summed E-state index contributed by atoms with van der Waals surface area (Å²) in [5.41, 5.74) is 0.780. The van der Waals surface area contributed by atoms with Gasteiger partial charge >= 0.3 is 5.97 Å². The summed E-state index contributed by atoms with van der Waals surface area (Å²) >= 11 is 6.00. The Hall–Kier alpha value is -3.45. The minimum Gasteiger partial charge on any atom is -0.478 e. The number of piperidine rings is 1. The van der Waals surface area contributed by atoms with Gasteiger partial charge in [0.15, 0.2) is 0 Å². The summed E-state index contributed by atoms with van der Waals surface area (Å²) in [6.07, 6.45) is 0.973. The third-order valence-corrected chi connectivity index (χ3v) is 7.11. The lowest BCUT2D eigenvalue weighted by Gasteiger charge is -2.39. The molecule has 0 spiro atoms. The van der Waals surface area contributed by atoms with Crippen LogP contribution in [-0.4, -0.2) is 38.7 Å². The number of halogens is 1. The van der Waals surface area contributed by atoms with Crippen LogP contribution in [0.1, 0.15) is 34.5 Å². The first-order chi connectivity index (χ1) is 16.9. The van der Waals surface area contributed by atoms with Gasteiger partial charge in [0.1, 0.15) is 0 Å². The van der Waals surface area contributed by atoms with Gasteiger partial charge in [-0.3, -0.25) is 14.3 Å². The molecule has 1 fully saturated rings. The van der Waals surface area contributed by atoms with Gasteiger partial charge in [-0.2, -0.15) is 0 Å². The summed E-state index contributed by atoms with van der Waals surface area (Å²) in [7, 11) is 0. The quantitative estimate of drug-likeness (QED) is 0.420. The summed E-state index contributed by atoms with van der Waals surface area (Å²) in [6.45, 7) is 1.37. The normalized spacial score (nSPS) is 15.8. The van der Waals surface area contributed by atoms with Crippen molar-refractivity contribution in [2.45, 2.75) is 25.0 Å². The van der Waals surface area contributed by atoms with E-state index in [1.54, 1.807) is 48.5 Å². The van der Waals surface area contributed by atoms with Crippen LogP contribution in [0.25, 0.3) is 16.5 Å². The fourth-order valence-corrected chi connectivity index (χ4v) is 5.10. The average molecular weight is 489 g/mol. The molecular weight excluding hydrogens is 464 g/mol. The molecule has 1 aliphatic rings. The molecule has 0 aliphatic carbocycles. The first kappa shape index (κ1) is 23.3. The fraction of sp³-hybridized carbons (Fsp3) is 0.214. The monoisotopic (exact) mass is 488 g/mol. The topological polar surface area (TPSA) is 82.8 Å². The number of fused-ring (bicyclic) bond motifs is 1. The molecule has 0 amide bonds. The molecule has 4 aromatic rings. The number of rotatable bonds is 5. The Labute approximate surface area is 207 Å². The number of benzene rings is 3. The van der Waals surface area contributed by atoms with Crippen molar-refractivity contribution >= 4 is 28.3 Å². The predicted octanol–water partition coefficient (Wildman–Crippen LogP) is 4.83. The van der Waals surface area contributed by atoms with Crippen LogP contribution in [-0.2, 0) is 12.1 Å². The zero-order valence-corrected chi connectivity index (χ0v) is 19.8. The number of para-hydroxylation sites is 1. The smallest absolute Gasteiger partial charge is 0.338 e. The number of hydrogen-bond donors (Lipinski definition) is 2. The molecule has 5 rings (SSSR count). The summed E-state index contributed by atoms with van der Waals surface area (Å²) in [4.78, 5) is 28.2. The Balaban J connectivity index is 1.55. The van der Waals surface area contributed by atoms with Crippen molar-refractivity contribution in [2.24, 2.45) is 0 Å². The highest BCUT2D eigenvalue weighted by Crippen LogP contribution is 2.34. The Morgan fingerprint density at radius 3 is 2.11 bits per heavy atom. The van der Waals surface area contributed by atoms with Gasteiger partial charge in [-0.25, -0.2) is 4.79 Å². The van der Waals surface area contributed by atoms with Gasteiger partial charge in [-0.15, -0.1) is 0 Å². The number of aromatic nitrogens is 1. The minimum absolute atomic E-state index is 0.127. The van der Waals surface area contributed by atoms with Gasteiger partial charge in [0.2, 0.25) is 0 Å². The molecule has 0 bridgehead atoms. The molecule has 0 unspecified atom stereocenters. The number of likely N-dealkylation sites (tertiary alicyclic amines) is 1. The molecule has 6 nitrogen and oxygen atoms in total. The van der Waals surface area contributed by atoms with Gasteiger partial charge in [0, 0.05) is 41.1 Å². The lowest BCUT2D eigenvalue weighted by Crippen LogP contribution is -2.43. The van der Waals surface area contributed by atoms with Crippen molar-refractivity contribution in [1.29, 1.82) is 0 Å². The molecule has 7 heteroatoms. The van der Waals surface area contributed by atoms with Crippen LogP contribution < -0.4 is 5.56 Å². The molecule has 3 aromatic carbocycles. The number of aromatic carboxylic acids is 1. The Bertz CT molecular complexity index is 1440. The molecule has 0 saturated carbocycles. The third-order valence-electron chi connectivity index (χ3n) is 6.85. The molecule has 178 valence electrons. The van der Waals surface area contributed by atoms with Gasteiger partial charge in [0.25, 0.3) is 5.56 Å². The lowest BCUT2D eigenvalue weighted by molar-refractivity contribution is -0.0281. The summed E-state index contributed by atoms with van der Waals surface area (Å²) in [5, 5.41) is 22.9. The van der Waals surface area contributed by atoms with Crippen LogP contribution in [0.2, 0.25) is 5.02 Å². The van der Waals surface area contributed by atoms with Crippen molar-refractivity contribution in [3.8, 4) is 5.69 Å². The van der Waals surface area contributed by atoms with Gasteiger partial charge in [-0.1, -0.05) is 60.1 Å². The van der Waals surface area contributed by atoms with Crippen molar-refractivity contribution < 1.29 is 15.0 Å². The first-order valence-corrected chi connectivity index (χ1v) is 11.9. The van der Waals surface area contributed by atoms with E-state index in [0.717, 1.165) is 5.56 Å². The minimum atomic E-state index is -1.07. The highest BCUT2D eigenvalue weighted by Gasteiger charge is 2.35. The van der Waals surface area contributed by atoms with E-state index < -0.39 is 11.6 Å². The molecule has 0 atom stereocenters. The second-order valence-electron chi connectivity index (χ2n) is 8.96. The van der Waals surface area contributed by atoms with Crippen molar-refractivity contribution in [3.63, 3.8) is 0 Å². The molecule has 0 radical (unpaired) electrons. The van der Waals surface area contributed by atoms with Gasteiger partial charge in [-0.05, 0) is 48.7 Å². The first-order valence-electron chi connectivity index (χ1n) is 11.5. The highest BCUT2D eigenvalue weighted by atomic mass is 35.5. The van der Waals surface area contributed by atoms with E-state index in [1.165, 1.54) is 4.57 Å². The Morgan fingerprint density at radius 2 is 1.49 bits per heavy atom. The van der Waals surface area contributed by atoms with Crippen molar-refractivity contribution in [2.75, 3.05) is 13.1 Å². The van der Waals surface area contributed by atoms with Crippen LogP contribution in [0, 0.1) is 0 Å². The second kappa shape index (κ2) is 9.30. The van der Waals surface area contributed by atoms with Crippen LogP contribution >= 0.6 is 11.6 Å². The third kappa shape index (κ3) is 4.36. The standard InChI is InChI=1S/C28H25ClN2O4/c29-20-12-10-19(11-13-20)28(35)14-16-30(17-15-28)18-24-25(27(33)34)22-8-4-5-9-23(22)26(32)31(24)21-6-2-1-3-7-21/h1-13,35H,14-18H2,(H,33,34). The summed E-state index contributed by atoms with van der Waals surface area (Å²) in [5.74, 6) is -1.07. The fourth-order valence-electron chi connectivity index (χ4n) is 4.98. The van der Waals surface area contributed by atoms with Crippen molar-refractivity contribution in [1.82, 2.24) is 9.47 Å². The lowest BCUT2D eigenvalue weighted by atomic mass is 9.84. The van der Waals surface area contributed by atoms with E-state index in [2.05, 4.69) is 4.90 Å². The van der Waals surface area contributed by atoms with E-state index in [-0.39, 0.29) is 17.7 Å². The highest BCUT2D eigenvalue weighted by molar-refractivity contribution is 6.30. The number of carboxylic acid groups (broad SMARTS) is 1. The molecular formula is C28H25ClN2O4. The van der Waals surface area contributed by atoms with Crippen LogP contribution in [0.4, 0.5) is 0 Å². The number of pyridine rings is 1. The average Bonchev–Trinajstić information content (AvgIpc) is 2.86. The molecule has 35 heavy (non-hydrogen) atoms. The maximum atomic E-state index is 13.6. The predicted molar refractivity (Wildman–Crippen MR) is 136 cm³/mol. The molecule has 2 N–H and O–H groups in total. The Morgan fingerprint density at radius 1 is 0.886 bits per heavy atom. The van der Waals surface area contributed by atoms with Crippen LogP contribution in [0.15, 0.2) is 83.7 Å². The summed E-state index contributed by atoms with van der Waals surface area (Å²) in [6, 6.07) is 23.2. The van der Waals surface area contributed by atoms with E-state index in [4.69, 9.17) is 11.6 Å². The van der Waals surface area contributed by atoms with Crippen molar-refractivity contribution in [3.05, 3.63) is 111 Å². The number of nitrogens with zero attached hydrogens (tertiary/aromatic N) is 2. The molecule has 1 aliphatic heterocycles. The molecule has 2 heterocycles.